The van der Waals surface area contributed by atoms with Crippen molar-refractivity contribution in [1.29, 1.82) is 0 Å². The van der Waals surface area contributed by atoms with Gasteiger partial charge in [0.05, 0.1) is 16.5 Å². The minimum absolute atomic E-state index is 0.121. The fraction of sp³-hybridized carbons (Fsp3) is 0.227. The predicted octanol–water partition coefficient (Wildman–Crippen LogP) is 5.45. The van der Waals surface area contributed by atoms with Crippen LogP contribution in [0.25, 0.3) is 22.3 Å². The van der Waals surface area contributed by atoms with Crippen LogP contribution in [-0.2, 0) is 4.79 Å². The number of rotatable bonds is 6. The van der Waals surface area contributed by atoms with Crippen LogP contribution in [0.15, 0.2) is 53.8 Å². The van der Waals surface area contributed by atoms with Crippen LogP contribution in [0.2, 0.25) is 5.02 Å². The number of hydrogen-bond donors (Lipinski definition) is 2. The van der Waals surface area contributed by atoms with Crippen LogP contribution in [0.3, 0.4) is 0 Å². The molecule has 0 atom stereocenters. The molecule has 0 bridgehead atoms. The number of fused-ring (bicyclic) bond motifs is 1. The Kier molecular flexibility index (Phi) is 5.00. The van der Waals surface area contributed by atoms with Crippen LogP contribution in [0.4, 0.5) is 5.69 Å². The molecule has 1 aliphatic rings. The minimum Gasteiger partial charge on any atom is -0.360 e. The Bertz CT molecular complexity index is 1240. The van der Waals surface area contributed by atoms with Crippen LogP contribution in [0.5, 0.6) is 0 Å². The highest BCUT2D eigenvalue weighted by Crippen LogP contribution is 2.42. The fourth-order valence-corrected chi connectivity index (χ4v) is 4.60. The Labute approximate surface area is 183 Å². The van der Waals surface area contributed by atoms with Crippen LogP contribution < -0.4 is 5.32 Å². The molecule has 1 saturated carbocycles. The number of para-hydroxylation sites is 1. The van der Waals surface area contributed by atoms with Gasteiger partial charge in [0.1, 0.15) is 0 Å². The lowest BCUT2D eigenvalue weighted by Crippen LogP contribution is -2.15. The number of hydrogen-bond acceptors (Lipinski definition) is 4. The van der Waals surface area contributed by atoms with E-state index >= 15 is 0 Å². The Hall–Kier alpha value is -2.77. The number of nitrogens with one attached hydrogen (secondary N) is 2. The molecule has 5 rings (SSSR count). The molecule has 0 unspecified atom stereocenters. The molecule has 2 heterocycles. The number of H-pyrrole nitrogens is 1. The number of amides is 1. The average molecular weight is 438 g/mol. The van der Waals surface area contributed by atoms with Crippen molar-refractivity contribution in [2.75, 3.05) is 11.1 Å². The van der Waals surface area contributed by atoms with Gasteiger partial charge in [-0.25, -0.2) is 0 Å². The quantitative estimate of drug-likeness (QED) is 0.393. The summed E-state index contributed by atoms with van der Waals surface area (Å²) in [6.45, 7) is 1.96. The van der Waals surface area contributed by atoms with Gasteiger partial charge in [0.25, 0.3) is 0 Å². The molecule has 152 valence electrons. The van der Waals surface area contributed by atoms with Gasteiger partial charge < -0.3 is 10.3 Å². The van der Waals surface area contributed by atoms with Gasteiger partial charge in [0.15, 0.2) is 11.0 Å². The van der Waals surface area contributed by atoms with Crippen molar-refractivity contribution in [2.24, 2.45) is 0 Å². The summed E-state index contributed by atoms with van der Waals surface area (Å²) >= 11 is 7.62. The molecule has 0 spiro atoms. The molecule has 0 radical (unpaired) electrons. The van der Waals surface area contributed by atoms with Gasteiger partial charge in [-0.05, 0) is 43.5 Å². The van der Waals surface area contributed by atoms with Crippen molar-refractivity contribution < 1.29 is 4.79 Å². The first-order valence-electron chi connectivity index (χ1n) is 9.80. The average Bonchev–Trinajstić information content (AvgIpc) is 3.34. The van der Waals surface area contributed by atoms with Gasteiger partial charge in [0, 0.05) is 28.7 Å². The zero-order chi connectivity index (χ0) is 20.7. The maximum Gasteiger partial charge on any atom is 0.234 e. The normalized spacial score (nSPS) is 13.7. The summed E-state index contributed by atoms with van der Waals surface area (Å²) in [4.78, 5) is 15.8. The molecular formula is C22H20ClN5OS. The van der Waals surface area contributed by atoms with E-state index in [4.69, 9.17) is 11.6 Å². The second-order valence-corrected chi connectivity index (χ2v) is 8.83. The van der Waals surface area contributed by atoms with Crippen LogP contribution in [0, 0.1) is 6.92 Å². The third kappa shape index (κ3) is 3.70. The van der Waals surface area contributed by atoms with Crippen LogP contribution in [-0.4, -0.2) is 31.4 Å². The second-order valence-electron chi connectivity index (χ2n) is 7.48. The van der Waals surface area contributed by atoms with Crippen molar-refractivity contribution in [1.82, 2.24) is 19.7 Å². The summed E-state index contributed by atoms with van der Waals surface area (Å²) in [6.07, 6.45) is 4.19. The van der Waals surface area contributed by atoms with E-state index in [1.807, 2.05) is 49.5 Å². The van der Waals surface area contributed by atoms with Crippen molar-refractivity contribution in [3.05, 3.63) is 59.2 Å². The molecule has 1 amide bonds. The van der Waals surface area contributed by atoms with Gasteiger partial charge in [-0.2, -0.15) is 0 Å². The van der Waals surface area contributed by atoms with Crippen LogP contribution in [0.1, 0.15) is 24.4 Å². The molecule has 2 aromatic heterocycles. The number of aryl methyl sites for hydroxylation is 1. The number of aromatic nitrogens is 4. The number of benzene rings is 2. The number of halogens is 1. The first kappa shape index (κ1) is 19.2. The summed E-state index contributed by atoms with van der Waals surface area (Å²) in [7, 11) is 0. The standard InChI is InChI=1S/C22H20ClN5OS/c1-13-6-9-19(17(23)10-13)25-20(29)12-30-22-27-26-21(28(22)14-7-8-14)16-11-24-18-5-3-2-4-15(16)18/h2-6,9-11,14,24H,7-8,12H2,1H3,(H,25,29). The lowest BCUT2D eigenvalue weighted by molar-refractivity contribution is -0.113. The topological polar surface area (TPSA) is 75.6 Å². The lowest BCUT2D eigenvalue weighted by Gasteiger charge is -2.09. The van der Waals surface area contributed by atoms with Gasteiger partial charge in [0.2, 0.25) is 5.91 Å². The van der Waals surface area contributed by atoms with E-state index in [2.05, 4.69) is 31.1 Å². The molecule has 0 saturated heterocycles. The fourth-order valence-electron chi connectivity index (χ4n) is 3.52. The minimum atomic E-state index is -0.121. The van der Waals surface area contributed by atoms with E-state index in [1.54, 1.807) is 0 Å². The summed E-state index contributed by atoms with van der Waals surface area (Å²) in [5.41, 5.74) is 3.78. The molecule has 1 aliphatic carbocycles. The Morgan fingerprint density at radius 3 is 2.90 bits per heavy atom. The maximum absolute atomic E-state index is 12.5. The second kappa shape index (κ2) is 7.81. The van der Waals surface area contributed by atoms with Crippen molar-refractivity contribution >= 4 is 45.9 Å². The zero-order valence-corrected chi connectivity index (χ0v) is 17.9. The number of aromatic amines is 1. The summed E-state index contributed by atoms with van der Waals surface area (Å²) in [5.74, 6) is 0.965. The predicted molar refractivity (Wildman–Crippen MR) is 121 cm³/mol. The number of carbonyl (C=O) groups excluding carboxylic acids is 1. The maximum atomic E-state index is 12.5. The first-order valence-corrected chi connectivity index (χ1v) is 11.2. The number of carbonyl (C=O) groups is 1. The van der Waals surface area contributed by atoms with E-state index < -0.39 is 0 Å². The molecule has 30 heavy (non-hydrogen) atoms. The molecule has 4 aromatic rings. The number of nitrogens with zero attached hydrogens (tertiary/aromatic N) is 3. The largest absolute Gasteiger partial charge is 0.360 e. The summed E-state index contributed by atoms with van der Waals surface area (Å²) in [6, 6.07) is 14.1. The molecule has 2 N–H and O–H groups in total. The van der Waals surface area contributed by atoms with E-state index in [1.165, 1.54) is 11.8 Å². The highest BCUT2D eigenvalue weighted by atomic mass is 35.5. The lowest BCUT2D eigenvalue weighted by atomic mass is 10.1. The third-order valence-electron chi connectivity index (χ3n) is 5.14. The first-order chi connectivity index (χ1) is 14.6. The Morgan fingerprint density at radius 2 is 2.10 bits per heavy atom. The van der Waals surface area contributed by atoms with E-state index in [0.29, 0.717) is 16.8 Å². The molecule has 2 aromatic carbocycles. The Morgan fingerprint density at radius 1 is 1.27 bits per heavy atom. The molecule has 0 aliphatic heterocycles. The van der Waals surface area contributed by atoms with Gasteiger partial charge in [-0.15, -0.1) is 10.2 Å². The summed E-state index contributed by atoms with van der Waals surface area (Å²) in [5, 5.41) is 14.2. The van der Waals surface area contributed by atoms with Crippen molar-refractivity contribution in [2.45, 2.75) is 31.0 Å². The highest BCUT2D eigenvalue weighted by Gasteiger charge is 2.31. The van der Waals surface area contributed by atoms with Crippen molar-refractivity contribution in [3.8, 4) is 11.4 Å². The number of thioether (sulfide) groups is 1. The molecule has 6 nitrogen and oxygen atoms in total. The van der Waals surface area contributed by atoms with Gasteiger partial charge >= 0.3 is 0 Å². The number of anilines is 1. The zero-order valence-electron chi connectivity index (χ0n) is 16.4. The molecule has 1 fully saturated rings. The molecular weight excluding hydrogens is 418 g/mol. The van der Waals surface area contributed by atoms with Crippen LogP contribution >= 0.6 is 23.4 Å². The summed E-state index contributed by atoms with van der Waals surface area (Å²) < 4.78 is 2.17. The SMILES string of the molecule is Cc1ccc(NC(=O)CSc2nnc(-c3c[nH]c4ccccc34)n2C2CC2)c(Cl)c1. The van der Waals surface area contributed by atoms with E-state index in [9.17, 15) is 4.79 Å². The van der Waals surface area contributed by atoms with Gasteiger partial charge in [-0.1, -0.05) is 47.6 Å². The molecule has 8 heteroatoms. The van der Waals surface area contributed by atoms with Crippen molar-refractivity contribution in [3.63, 3.8) is 0 Å². The van der Waals surface area contributed by atoms with Gasteiger partial charge in [-0.3, -0.25) is 9.36 Å². The monoisotopic (exact) mass is 437 g/mol. The highest BCUT2D eigenvalue weighted by molar-refractivity contribution is 7.99. The Balaban J connectivity index is 1.36. The smallest absolute Gasteiger partial charge is 0.234 e. The van der Waals surface area contributed by atoms with E-state index in [-0.39, 0.29) is 11.7 Å². The van der Waals surface area contributed by atoms with E-state index in [0.717, 1.165) is 45.9 Å². The third-order valence-corrected chi connectivity index (χ3v) is 6.39.